The normalized spacial score (nSPS) is 11.4. The van der Waals surface area contributed by atoms with Gasteiger partial charge in [-0.1, -0.05) is 12.1 Å². The Balaban J connectivity index is 2.30. The van der Waals surface area contributed by atoms with Gasteiger partial charge in [-0.05, 0) is 31.2 Å². The summed E-state index contributed by atoms with van der Waals surface area (Å²) in [5.74, 6) is 0.262. The lowest BCUT2D eigenvalue weighted by Gasteiger charge is -2.34. The Bertz CT molecular complexity index is 595. The van der Waals surface area contributed by atoms with Crippen LogP contribution in [0.4, 0.5) is 0 Å². The second-order valence-corrected chi connectivity index (χ2v) is 5.15. The first kappa shape index (κ1) is 14.1. The van der Waals surface area contributed by atoms with Crippen molar-refractivity contribution in [3.8, 4) is 11.4 Å². The van der Waals surface area contributed by atoms with Crippen molar-refractivity contribution in [1.29, 1.82) is 0 Å². The molecule has 0 unspecified atom stereocenters. The number of aliphatic hydroxyl groups is 1. The summed E-state index contributed by atoms with van der Waals surface area (Å²) in [6.07, 6.45) is 0. The van der Waals surface area contributed by atoms with Crippen LogP contribution < -0.4 is 0 Å². The molecule has 1 amide bonds. The fraction of sp³-hybridized carbons (Fsp3) is 0.385. The second-order valence-electron chi connectivity index (χ2n) is 5.15. The van der Waals surface area contributed by atoms with Gasteiger partial charge in [0.15, 0.2) is 0 Å². The fourth-order valence-electron chi connectivity index (χ4n) is 1.65. The number of aliphatic hydroxyl groups excluding tert-OH is 1. The maximum absolute atomic E-state index is 12.4. The summed E-state index contributed by atoms with van der Waals surface area (Å²) in [7, 11) is 1.67. The molecule has 0 radical (unpaired) electrons. The number of likely N-dealkylation sites (N-methyl/N-ethyl adjacent to an activating group) is 1. The van der Waals surface area contributed by atoms with Crippen LogP contribution in [0.25, 0.3) is 11.4 Å². The number of nitrogens with zero attached hydrogens (tertiary/aromatic N) is 4. The number of tetrazole rings is 1. The number of nitrogens with one attached hydrogen (secondary N) is 1. The van der Waals surface area contributed by atoms with E-state index in [4.69, 9.17) is 0 Å². The molecule has 0 saturated carbocycles. The van der Waals surface area contributed by atoms with E-state index >= 15 is 0 Å². The van der Waals surface area contributed by atoms with Gasteiger partial charge in [0, 0.05) is 18.2 Å². The van der Waals surface area contributed by atoms with Crippen LogP contribution in [0.1, 0.15) is 24.2 Å². The van der Waals surface area contributed by atoms with Gasteiger partial charge in [0.25, 0.3) is 5.91 Å². The summed E-state index contributed by atoms with van der Waals surface area (Å²) in [6.45, 7) is 3.49. The van der Waals surface area contributed by atoms with Crippen LogP contribution in [0.2, 0.25) is 0 Å². The molecule has 0 aliphatic heterocycles. The van der Waals surface area contributed by atoms with Crippen LogP contribution in [0.15, 0.2) is 24.3 Å². The minimum Gasteiger partial charge on any atom is -0.394 e. The number of aromatic amines is 1. The quantitative estimate of drug-likeness (QED) is 0.856. The summed E-state index contributed by atoms with van der Waals surface area (Å²) in [5.41, 5.74) is 0.593. The van der Waals surface area contributed by atoms with Crippen molar-refractivity contribution in [3.05, 3.63) is 29.8 Å². The van der Waals surface area contributed by atoms with Crippen LogP contribution >= 0.6 is 0 Å². The molecule has 0 aliphatic rings. The lowest BCUT2D eigenvalue weighted by molar-refractivity contribution is 0.0473. The maximum Gasteiger partial charge on any atom is 0.254 e. The van der Waals surface area contributed by atoms with E-state index in [0.29, 0.717) is 17.0 Å². The predicted octanol–water partition coefficient (Wildman–Crippen LogP) is 0.710. The predicted molar refractivity (Wildman–Crippen MR) is 72.9 cm³/mol. The molecule has 1 aromatic carbocycles. The molecular weight excluding hydrogens is 258 g/mol. The Morgan fingerprint density at radius 2 is 2.20 bits per heavy atom. The number of hydrogen-bond acceptors (Lipinski definition) is 5. The van der Waals surface area contributed by atoms with Gasteiger partial charge >= 0.3 is 0 Å². The first-order chi connectivity index (χ1) is 9.45. The number of H-pyrrole nitrogens is 1. The summed E-state index contributed by atoms with van der Waals surface area (Å²) >= 11 is 0. The molecule has 1 heterocycles. The van der Waals surface area contributed by atoms with Gasteiger partial charge < -0.3 is 10.0 Å². The van der Waals surface area contributed by atoms with Gasteiger partial charge in [-0.25, -0.2) is 0 Å². The van der Waals surface area contributed by atoms with Gasteiger partial charge in [-0.3, -0.25) is 4.79 Å². The number of benzene rings is 1. The summed E-state index contributed by atoms with van der Waals surface area (Å²) in [4.78, 5) is 13.9. The van der Waals surface area contributed by atoms with Gasteiger partial charge in [0.1, 0.15) is 0 Å². The molecule has 7 heteroatoms. The van der Waals surface area contributed by atoms with Crippen molar-refractivity contribution >= 4 is 5.91 Å². The molecule has 0 atom stereocenters. The van der Waals surface area contributed by atoms with E-state index in [1.165, 1.54) is 4.90 Å². The number of rotatable bonds is 4. The van der Waals surface area contributed by atoms with Crippen molar-refractivity contribution in [2.75, 3.05) is 13.7 Å². The molecule has 20 heavy (non-hydrogen) atoms. The van der Waals surface area contributed by atoms with Crippen molar-refractivity contribution in [2.45, 2.75) is 19.4 Å². The number of aromatic nitrogens is 4. The summed E-state index contributed by atoms with van der Waals surface area (Å²) in [6, 6.07) is 6.99. The van der Waals surface area contributed by atoms with Crippen LogP contribution in [-0.2, 0) is 0 Å². The number of carbonyl (C=O) groups excluding carboxylic acids is 1. The van der Waals surface area contributed by atoms with Crippen molar-refractivity contribution in [2.24, 2.45) is 0 Å². The second kappa shape index (κ2) is 5.38. The molecule has 106 valence electrons. The van der Waals surface area contributed by atoms with Gasteiger partial charge in [-0.15, -0.1) is 10.2 Å². The maximum atomic E-state index is 12.4. The Hall–Kier alpha value is -2.28. The molecule has 0 spiro atoms. The molecule has 0 aliphatic carbocycles. The van der Waals surface area contributed by atoms with Gasteiger partial charge in [0.2, 0.25) is 5.82 Å². The molecular formula is C13H17N5O2. The third kappa shape index (κ3) is 2.67. The fourth-order valence-corrected chi connectivity index (χ4v) is 1.65. The minimum absolute atomic E-state index is 0.111. The third-order valence-electron chi connectivity index (χ3n) is 3.31. The molecule has 0 fully saturated rings. The molecule has 0 saturated heterocycles. The molecule has 2 rings (SSSR count). The smallest absolute Gasteiger partial charge is 0.254 e. The first-order valence-electron chi connectivity index (χ1n) is 6.18. The highest BCUT2D eigenvalue weighted by atomic mass is 16.3. The lowest BCUT2D eigenvalue weighted by Crippen LogP contribution is -2.47. The Labute approximate surface area is 116 Å². The average Bonchev–Trinajstić information content (AvgIpc) is 3.00. The largest absolute Gasteiger partial charge is 0.394 e. The van der Waals surface area contributed by atoms with E-state index < -0.39 is 5.54 Å². The van der Waals surface area contributed by atoms with E-state index in [2.05, 4.69) is 20.6 Å². The molecule has 2 aromatic rings. The van der Waals surface area contributed by atoms with E-state index in [0.717, 1.165) is 0 Å². The Morgan fingerprint density at radius 3 is 2.80 bits per heavy atom. The summed E-state index contributed by atoms with van der Waals surface area (Å²) in [5, 5.41) is 23.0. The zero-order valence-electron chi connectivity index (χ0n) is 11.7. The number of amides is 1. The van der Waals surface area contributed by atoms with Gasteiger partial charge in [-0.2, -0.15) is 5.21 Å². The van der Waals surface area contributed by atoms with Crippen LogP contribution in [-0.4, -0.2) is 55.7 Å². The zero-order chi connectivity index (χ0) is 14.8. The standard InChI is InChI=1S/C13H17N5O2/c1-13(2,8-19)18(3)12(20)10-6-4-5-9(7-10)11-14-16-17-15-11/h4-7,19H,8H2,1-3H3,(H,14,15,16,17). The first-order valence-corrected chi connectivity index (χ1v) is 6.18. The van der Waals surface area contributed by atoms with Crippen molar-refractivity contribution in [1.82, 2.24) is 25.5 Å². The highest BCUT2D eigenvalue weighted by Crippen LogP contribution is 2.19. The van der Waals surface area contributed by atoms with Crippen LogP contribution in [0.5, 0.6) is 0 Å². The van der Waals surface area contributed by atoms with E-state index in [1.54, 1.807) is 45.2 Å². The van der Waals surface area contributed by atoms with Gasteiger partial charge in [0.05, 0.1) is 12.1 Å². The molecule has 0 bridgehead atoms. The third-order valence-corrected chi connectivity index (χ3v) is 3.31. The Morgan fingerprint density at radius 1 is 1.45 bits per heavy atom. The van der Waals surface area contributed by atoms with E-state index in [1.807, 2.05) is 0 Å². The highest BCUT2D eigenvalue weighted by Gasteiger charge is 2.27. The van der Waals surface area contributed by atoms with Crippen LogP contribution in [0, 0.1) is 0 Å². The number of hydrogen-bond donors (Lipinski definition) is 2. The molecule has 1 aromatic heterocycles. The zero-order valence-corrected chi connectivity index (χ0v) is 11.7. The molecule has 2 N–H and O–H groups in total. The number of carbonyl (C=O) groups is 1. The Kier molecular flexibility index (Phi) is 3.80. The monoisotopic (exact) mass is 275 g/mol. The average molecular weight is 275 g/mol. The lowest BCUT2D eigenvalue weighted by atomic mass is 10.0. The van der Waals surface area contributed by atoms with Crippen LogP contribution in [0.3, 0.4) is 0 Å². The summed E-state index contributed by atoms with van der Waals surface area (Å²) < 4.78 is 0. The van der Waals surface area contributed by atoms with Crippen molar-refractivity contribution < 1.29 is 9.90 Å². The van der Waals surface area contributed by atoms with E-state index in [-0.39, 0.29) is 12.5 Å². The minimum atomic E-state index is -0.626. The van der Waals surface area contributed by atoms with E-state index in [9.17, 15) is 9.90 Å². The van der Waals surface area contributed by atoms with Crippen molar-refractivity contribution in [3.63, 3.8) is 0 Å². The highest BCUT2D eigenvalue weighted by molar-refractivity contribution is 5.95. The SMILES string of the molecule is CN(C(=O)c1cccc(-c2nn[nH]n2)c1)C(C)(C)CO. The molecule has 7 nitrogen and oxygen atoms in total. The topological polar surface area (TPSA) is 95.0 Å².